The van der Waals surface area contributed by atoms with Gasteiger partial charge in [-0.05, 0) is 66.5 Å². The van der Waals surface area contributed by atoms with E-state index in [0.29, 0.717) is 35.0 Å². The van der Waals surface area contributed by atoms with Crippen molar-refractivity contribution < 1.29 is 22.6 Å². The summed E-state index contributed by atoms with van der Waals surface area (Å²) in [5.74, 6) is -0.985. The van der Waals surface area contributed by atoms with Crippen molar-refractivity contribution in [3.63, 3.8) is 0 Å². The fourth-order valence-electron chi connectivity index (χ4n) is 4.47. The minimum absolute atomic E-state index is 0.0697. The fraction of sp³-hybridized carbons (Fsp3) is 0.357. The van der Waals surface area contributed by atoms with Crippen LogP contribution in [0, 0.1) is 23.4 Å². The zero-order chi connectivity index (χ0) is 23.4. The van der Waals surface area contributed by atoms with Crippen LogP contribution in [0.3, 0.4) is 0 Å². The predicted molar refractivity (Wildman–Crippen MR) is 124 cm³/mol. The van der Waals surface area contributed by atoms with E-state index in [1.807, 2.05) is 6.92 Å². The lowest BCUT2D eigenvalue weighted by molar-refractivity contribution is 0.282. The molecule has 3 aromatic rings. The van der Waals surface area contributed by atoms with Crippen LogP contribution in [0.25, 0.3) is 11.1 Å². The topological polar surface area (TPSA) is 18.5 Å². The second-order valence-electron chi connectivity index (χ2n) is 8.80. The molecule has 2 nitrogen and oxygen atoms in total. The zero-order valence-electron chi connectivity index (χ0n) is 19.0. The summed E-state index contributed by atoms with van der Waals surface area (Å²) in [4.78, 5) is 0. The average Bonchev–Trinajstić information content (AvgIpc) is 2.82. The van der Waals surface area contributed by atoms with Gasteiger partial charge in [-0.25, -0.2) is 8.78 Å². The van der Waals surface area contributed by atoms with E-state index in [1.54, 1.807) is 42.5 Å². The summed E-state index contributed by atoms with van der Waals surface area (Å²) in [5.41, 5.74) is 2.40. The third-order valence-electron chi connectivity index (χ3n) is 6.44. The van der Waals surface area contributed by atoms with E-state index in [1.165, 1.54) is 12.1 Å². The summed E-state index contributed by atoms with van der Waals surface area (Å²) < 4.78 is 54.7. The molecule has 4 rings (SSSR count). The molecule has 0 aromatic heterocycles. The van der Waals surface area contributed by atoms with Gasteiger partial charge in [0.1, 0.15) is 18.2 Å². The Labute approximate surface area is 193 Å². The van der Waals surface area contributed by atoms with Crippen LogP contribution in [0.1, 0.15) is 56.6 Å². The molecule has 0 heterocycles. The molecule has 33 heavy (non-hydrogen) atoms. The maximum atomic E-state index is 14.7. The van der Waals surface area contributed by atoms with Crippen molar-refractivity contribution in [3.05, 3.63) is 83.2 Å². The van der Waals surface area contributed by atoms with Crippen molar-refractivity contribution in [1.82, 2.24) is 0 Å². The van der Waals surface area contributed by atoms with Crippen LogP contribution in [-0.4, -0.2) is 6.61 Å². The Balaban J connectivity index is 1.42. The highest BCUT2D eigenvalue weighted by Crippen LogP contribution is 2.38. The molecule has 1 aliphatic carbocycles. The standard InChI is InChI=1S/C28H29F3O2/c1-3-32-22-12-13-23(25(29)16-22)20-10-6-19(7-11-20)17-33-26-15-14-24(27(30)28(26)31)21-8-4-18(2)5-9-21/h6-7,10-16,18,21H,3-5,8-9,17H2,1-2H3. The predicted octanol–water partition coefficient (Wildman–Crippen LogP) is 8.04. The summed E-state index contributed by atoms with van der Waals surface area (Å²) in [6, 6.07) is 15.1. The quantitative estimate of drug-likeness (QED) is 0.360. The maximum absolute atomic E-state index is 14.7. The Kier molecular flexibility index (Phi) is 7.26. The Morgan fingerprint density at radius 3 is 2.21 bits per heavy atom. The minimum Gasteiger partial charge on any atom is -0.494 e. The zero-order valence-corrected chi connectivity index (χ0v) is 19.0. The first-order valence-corrected chi connectivity index (χ1v) is 11.6. The van der Waals surface area contributed by atoms with Gasteiger partial charge in [0.05, 0.1) is 6.61 Å². The summed E-state index contributed by atoms with van der Waals surface area (Å²) in [6.45, 7) is 4.60. The molecular weight excluding hydrogens is 425 g/mol. The highest BCUT2D eigenvalue weighted by Gasteiger charge is 2.25. The Bertz CT molecular complexity index is 1090. The Morgan fingerprint density at radius 2 is 1.55 bits per heavy atom. The molecule has 174 valence electrons. The van der Waals surface area contributed by atoms with E-state index in [0.717, 1.165) is 31.2 Å². The lowest BCUT2D eigenvalue weighted by Crippen LogP contribution is -2.13. The van der Waals surface area contributed by atoms with Crippen LogP contribution in [0.15, 0.2) is 54.6 Å². The van der Waals surface area contributed by atoms with Gasteiger partial charge in [-0.15, -0.1) is 0 Å². The van der Waals surface area contributed by atoms with Crippen molar-refractivity contribution in [2.75, 3.05) is 6.61 Å². The van der Waals surface area contributed by atoms with E-state index in [-0.39, 0.29) is 24.1 Å². The van der Waals surface area contributed by atoms with Gasteiger partial charge in [0.25, 0.3) is 0 Å². The Hall–Kier alpha value is -2.95. The van der Waals surface area contributed by atoms with E-state index in [2.05, 4.69) is 6.92 Å². The van der Waals surface area contributed by atoms with Crippen molar-refractivity contribution in [2.45, 2.75) is 52.1 Å². The minimum atomic E-state index is -0.931. The third kappa shape index (κ3) is 5.35. The van der Waals surface area contributed by atoms with Crippen molar-refractivity contribution in [1.29, 1.82) is 0 Å². The smallest absolute Gasteiger partial charge is 0.200 e. The molecule has 0 saturated heterocycles. The number of halogens is 3. The summed E-state index contributed by atoms with van der Waals surface area (Å²) in [7, 11) is 0. The molecule has 0 bridgehead atoms. The average molecular weight is 455 g/mol. The fourth-order valence-corrected chi connectivity index (χ4v) is 4.47. The highest BCUT2D eigenvalue weighted by molar-refractivity contribution is 5.65. The molecule has 0 N–H and O–H groups in total. The van der Waals surface area contributed by atoms with Gasteiger partial charge >= 0.3 is 0 Å². The van der Waals surface area contributed by atoms with Crippen LogP contribution in [0.5, 0.6) is 11.5 Å². The van der Waals surface area contributed by atoms with E-state index in [9.17, 15) is 13.2 Å². The summed E-state index contributed by atoms with van der Waals surface area (Å²) in [5, 5.41) is 0. The molecule has 5 heteroatoms. The van der Waals surface area contributed by atoms with E-state index in [4.69, 9.17) is 9.47 Å². The van der Waals surface area contributed by atoms with Crippen LogP contribution in [0.4, 0.5) is 13.2 Å². The van der Waals surface area contributed by atoms with Crippen molar-refractivity contribution in [2.24, 2.45) is 5.92 Å². The first kappa shape index (κ1) is 23.2. The van der Waals surface area contributed by atoms with Crippen LogP contribution in [-0.2, 0) is 6.61 Å². The molecule has 0 aliphatic heterocycles. The molecule has 0 unspecified atom stereocenters. The van der Waals surface area contributed by atoms with E-state index < -0.39 is 11.6 Å². The van der Waals surface area contributed by atoms with Gasteiger partial charge < -0.3 is 9.47 Å². The number of hydrogen-bond acceptors (Lipinski definition) is 2. The van der Waals surface area contributed by atoms with Gasteiger partial charge in [0.15, 0.2) is 11.6 Å². The molecule has 0 atom stereocenters. The molecule has 0 spiro atoms. The molecular formula is C28H29F3O2. The molecule has 1 fully saturated rings. The summed E-state index contributed by atoms with van der Waals surface area (Å²) >= 11 is 0. The summed E-state index contributed by atoms with van der Waals surface area (Å²) in [6.07, 6.45) is 3.86. The van der Waals surface area contributed by atoms with Gasteiger partial charge in [-0.2, -0.15) is 4.39 Å². The molecule has 0 radical (unpaired) electrons. The SMILES string of the molecule is CCOc1ccc(-c2ccc(COc3ccc(C4CCC(C)CC4)c(F)c3F)cc2)c(F)c1. The second-order valence-corrected chi connectivity index (χ2v) is 8.80. The molecule has 1 saturated carbocycles. The maximum Gasteiger partial charge on any atom is 0.200 e. The second kappa shape index (κ2) is 10.3. The first-order valence-electron chi connectivity index (χ1n) is 11.6. The largest absolute Gasteiger partial charge is 0.494 e. The Morgan fingerprint density at radius 1 is 0.818 bits per heavy atom. The number of ether oxygens (including phenoxy) is 2. The number of hydrogen-bond donors (Lipinski definition) is 0. The van der Waals surface area contributed by atoms with Crippen molar-refractivity contribution in [3.8, 4) is 22.6 Å². The molecule has 1 aliphatic rings. The number of rotatable bonds is 7. The monoisotopic (exact) mass is 454 g/mol. The van der Waals surface area contributed by atoms with Crippen LogP contribution < -0.4 is 9.47 Å². The molecule has 0 amide bonds. The first-order chi connectivity index (χ1) is 16.0. The normalized spacial score (nSPS) is 18.2. The van der Waals surface area contributed by atoms with Gasteiger partial charge in [-0.3, -0.25) is 0 Å². The van der Waals surface area contributed by atoms with Gasteiger partial charge in [0.2, 0.25) is 5.82 Å². The lowest BCUT2D eigenvalue weighted by atomic mass is 9.79. The molecule has 3 aromatic carbocycles. The van der Waals surface area contributed by atoms with Gasteiger partial charge in [-0.1, -0.05) is 50.1 Å². The van der Waals surface area contributed by atoms with E-state index >= 15 is 0 Å². The number of benzene rings is 3. The van der Waals surface area contributed by atoms with Gasteiger partial charge in [0, 0.05) is 11.6 Å². The van der Waals surface area contributed by atoms with Crippen LogP contribution in [0.2, 0.25) is 0 Å². The highest BCUT2D eigenvalue weighted by atomic mass is 19.2. The third-order valence-corrected chi connectivity index (χ3v) is 6.44. The van der Waals surface area contributed by atoms with Crippen LogP contribution >= 0.6 is 0 Å². The van der Waals surface area contributed by atoms with Crippen molar-refractivity contribution >= 4 is 0 Å². The lowest BCUT2D eigenvalue weighted by Gasteiger charge is -2.27.